The molecule has 0 aromatic rings. The molecule has 4 heteroatoms. The van der Waals surface area contributed by atoms with E-state index in [0.29, 0.717) is 6.42 Å². The summed E-state index contributed by atoms with van der Waals surface area (Å²) in [5.41, 5.74) is 0. The summed E-state index contributed by atoms with van der Waals surface area (Å²) in [7, 11) is 0.00849. The normalized spacial score (nSPS) is 15.0. The van der Waals surface area contributed by atoms with Crippen LogP contribution >= 0.6 is 0 Å². The van der Waals surface area contributed by atoms with Gasteiger partial charge in [-0.2, -0.15) is 0 Å². The molecule has 0 N–H and O–H groups in total. The maximum atomic E-state index is 11.3. The Labute approximate surface area is 159 Å². The van der Waals surface area contributed by atoms with E-state index in [1.807, 2.05) is 13.8 Å². The Kier molecular flexibility index (Phi) is 19.7. The van der Waals surface area contributed by atoms with Crippen molar-refractivity contribution in [3.8, 4) is 0 Å². The monoisotopic (exact) mass is 372 g/mol. The first-order valence-corrected chi connectivity index (χ1v) is 12.5. The fourth-order valence-corrected chi connectivity index (χ4v) is 4.11. The number of carbonyl (C=O) groups excluding carboxylic acids is 1. The largest absolute Gasteiger partial charge is 0.463 e. The first-order valence-electron chi connectivity index (χ1n) is 10.9. The summed E-state index contributed by atoms with van der Waals surface area (Å²) in [6, 6.07) is 1.42. The van der Waals surface area contributed by atoms with E-state index in [2.05, 4.69) is 6.92 Å². The molecule has 0 atom stereocenters. The SMILES string of the molecule is C1CC[SiH2]OC1.CCCCCCCCCCCCCC(=O)OC(C)C. The van der Waals surface area contributed by atoms with E-state index in [4.69, 9.17) is 9.16 Å². The van der Waals surface area contributed by atoms with Gasteiger partial charge in [-0.1, -0.05) is 77.6 Å². The van der Waals surface area contributed by atoms with Gasteiger partial charge in [0.2, 0.25) is 0 Å². The van der Waals surface area contributed by atoms with Crippen molar-refractivity contribution < 1.29 is 14.0 Å². The van der Waals surface area contributed by atoms with E-state index in [9.17, 15) is 4.79 Å². The summed E-state index contributed by atoms with van der Waals surface area (Å²) in [5, 5.41) is 0. The third kappa shape index (κ3) is 21.6. The highest BCUT2D eigenvalue weighted by molar-refractivity contribution is 6.27. The van der Waals surface area contributed by atoms with E-state index >= 15 is 0 Å². The molecule has 0 aromatic carbocycles. The maximum absolute atomic E-state index is 11.3. The maximum Gasteiger partial charge on any atom is 0.306 e. The van der Waals surface area contributed by atoms with E-state index < -0.39 is 0 Å². The lowest BCUT2D eigenvalue weighted by Crippen LogP contribution is -2.10. The number of carbonyl (C=O) groups is 1. The van der Waals surface area contributed by atoms with Crippen molar-refractivity contribution in [2.24, 2.45) is 0 Å². The van der Waals surface area contributed by atoms with E-state index in [1.165, 1.54) is 83.1 Å². The second-order valence-corrected chi connectivity index (χ2v) is 9.02. The molecule has 0 bridgehead atoms. The van der Waals surface area contributed by atoms with Gasteiger partial charge in [0, 0.05) is 13.0 Å². The lowest BCUT2D eigenvalue weighted by atomic mass is 10.1. The van der Waals surface area contributed by atoms with Gasteiger partial charge in [0.05, 0.1) is 6.10 Å². The predicted octanol–water partition coefficient (Wildman–Crippen LogP) is 5.94. The number of rotatable bonds is 13. The molecular formula is C21H44O3Si. The van der Waals surface area contributed by atoms with Gasteiger partial charge in [-0.3, -0.25) is 4.79 Å². The smallest absolute Gasteiger partial charge is 0.306 e. The highest BCUT2D eigenvalue weighted by Gasteiger charge is 2.04. The molecule has 3 nitrogen and oxygen atoms in total. The lowest BCUT2D eigenvalue weighted by Gasteiger charge is -2.07. The zero-order chi connectivity index (χ0) is 18.6. The number of hydrogen-bond acceptors (Lipinski definition) is 3. The Hall–Kier alpha value is -0.353. The molecule has 1 heterocycles. The Morgan fingerprint density at radius 3 is 1.84 bits per heavy atom. The summed E-state index contributed by atoms with van der Waals surface area (Å²) in [6.07, 6.45) is 17.8. The minimum Gasteiger partial charge on any atom is -0.463 e. The van der Waals surface area contributed by atoms with Crippen LogP contribution in [0.25, 0.3) is 0 Å². The topological polar surface area (TPSA) is 35.5 Å². The summed E-state index contributed by atoms with van der Waals surface area (Å²) in [5.74, 6) is -0.0362. The zero-order valence-electron chi connectivity index (χ0n) is 17.3. The minimum absolute atomic E-state index is 0.00849. The van der Waals surface area contributed by atoms with Crippen molar-refractivity contribution in [1.29, 1.82) is 0 Å². The van der Waals surface area contributed by atoms with Crippen molar-refractivity contribution in [2.75, 3.05) is 6.61 Å². The molecule has 0 spiro atoms. The van der Waals surface area contributed by atoms with Gasteiger partial charge in [0.25, 0.3) is 0 Å². The van der Waals surface area contributed by atoms with Gasteiger partial charge in [0.1, 0.15) is 0 Å². The third-order valence-electron chi connectivity index (χ3n) is 4.43. The summed E-state index contributed by atoms with van der Waals surface area (Å²) in [4.78, 5) is 11.3. The van der Waals surface area contributed by atoms with E-state index in [-0.39, 0.29) is 21.8 Å². The molecule has 0 aliphatic carbocycles. The average Bonchev–Trinajstić information content (AvgIpc) is 2.61. The second kappa shape index (κ2) is 20.0. The van der Waals surface area contributed by atoms with Crippen LogP contribution in [0.2, 0.25) is 6.04 Å². The van der Waals surface area contributed by atoms with Gasteiger partial charge in [-0.25, -0.2) is 0 Å². The Balaban J connectivity index is 0.000000796. The van der Waals surface area contributed by atoms with Crippen LogP contribution in [-0.2, 0) is 14.0 Å². The lowest BCUT2D eigenvalue weighted by molar-refractivity contribution is -0.147. The van der Waals surface area contributed by atoms with Crippen LogP contribution in [0.4, 0.5) is 0 Å². The molecule has 1 saturated heterocycles. The van der Waals surface area contributed by atoms with Gasteiger partial charge in [-0.05, 0) is 32.7 Å². The van der Waals surface area contributed by atoms with Gasteiger partial charge >= 0.3 is 5.97 Å². The zero-order valence-corrected chi connectivity index (χ0v) is 18.7. The fourth-order valence-electron chi connectivity index (χ4n) is 2.94. The molecule has 0 radical (unpaired) electrons. The molecular weight excluding hydrogens is 328 g/mol. The van der Waals surface area contributed by atoms with Crippen LogP contribution < -0.4 is 0 Å². The third-order valence-corrected chi connectivity index (χ3v) is 5.79. The molecule has 0 unspecified atom stereocenters. The van der Waals surface area contributed by atoms with Crippen LogP contribution in [0.3, 0.4) is 0 Å². The molecule has 0 amide bonds. The molecule has 0 saturated carbocycles. The number of esters is 1. The predicted molar refractivity (Wildman–Crippen MR) is 111 cm³/mol. The van der Waals surface area contributed by atoms with Crippen molar-refractivity contribution in [3.05, 3.63) is 0 Å². The van der Waals surface area contributed by atoms with Gasteiger partial charge < -0.3 is 9.16 Å². The van der Waals surface area contributed by atoms with Crippen LogP contribution in [0.5, 0.6) is 0 Å². The van der Waals surface area contributed by atoms with E-state index in [1.54, 1.807) is 0 Å². The highest BCUT2D eigenvalue weighted by atomic mass is 28.2. The highest BCUT2D eigenvalue weighted by Crippen LogP contribution is 2.12. The number of hydrogen-bond donors (Lipinski definition) is 0. The van der Waals surface area contributed by atoms with Gasteiger partial charge in [0.15, 0.2) is 9.76 Å². The quantitative estimate of drug-likeness (QED) is 0.228. The summed E-state index contributed by atoms with van der Waals surface area (Å²) >= 11 is 0. The van der Waals surface area contributed by atoms with Crippen molar-refractivity contribution in [2.45, 2.75) is 123 Å². The van der Waals surface area contributed by atoms with Gasteiger partial charge in [-0.15, -0.1) is 0 Å². The molecule has 25 heavy (non-hydrogen) atoms. The molecule has 150 valence electrons. The van der Waals surface area contributed by atoms with Crippen LogP contribution in [0.1, 0.15) is 111 Å². The van der Waals surface area contributed by atoms with E-state index in [0.717, 1.165) is 13.0 Å². The molecule has 1 aliphatic rings. The standard InChI is InChI=1S/C17H34O2.C4H10OSi/c1-4-5-6-7-8-9-10-11-12-13-14-15-17(18)19-16(2)3;1-2-4-6-5-3-1/h16H,4-15H2,1-3H3;1-4,6H2. The first-order chi connectivity index (χ1) is 12.2. The van der Waals surface area contributed by atoms with Crippen LogP contribution in [-0.4, -0.2) is 28.4 Å². The fraction of sp³-hybridized carbons (Fsp3) is 0.952. The van der Waals surface area contributed by atoms with Crippen LogP contribution in [0.15, 0.2) is 0 Å². The Bertz CT molecular complexity index is 267. The second-order valence-electron chi connectivity index (χ2n) is 7.50. The average molecular weight is 373 g/mol. The molecule has 1 rings (SSSR count). The summed E-state index contributed by atoms with van der Waals surface area (Å²) < 4.78 is 10.3. The number of unbranched alkanes of at least 4 members (excludes halogenated alkanes) is 10. The molecule has 1 fully saturated rings. The van der Waals surface area contributed by atoms with Crippen LogP contribution in [0, 0.1) is 0 Å². The summed E-state index contributed by atoms with van der Waals surface area (Å²) in [6.45, 7) is 7.12. The first kappa shape index (κ1) is 24.6. The Morgan fingerprint density at radius 1 is 0.920 bits per heavy atom. The molecule has 1 aliphatic heterocycles. The Morgan fingerprint density at radius 2 is 1.48 bits per heavy atom. The van der Waals surface area contributed by atoms with Crippen molar-refractivity contribution >= 4 is 15.7 Å². The minimum atomic E-state index is -0.0362. The van der Waals surface area contributed by atoms with Crippen molar-refractivity contribution in [1.82, 2.24) is 0 Å². The van der Waals surface area contributed by atoms with Crippen molar-refractivity contribution in [3.63, 3.8) is 0 Å². The molecule has 0 aromatic heterocycles. The number of ether oxygens (including phenoxy) is 1.